The number of methoxy groups -OCH3 is 1. The Morgan fingerprint density at radius 1 is 1.11 bits per heavy atom. The molecule has 0 atom stereocenters. The smallest absolute Gasteiger partial charge is 0.335 e. The molecule has 2 N–H and O–H groups in total. The van der Waals surface area contributed by atoms with Gasteiger partial charge in [0.25, 0.3) is 5.22 Å². The number of ether oxygens (including phenoxy) is 1. The van der Waals surface area contributed by atoms with Crippen LogP contribution in [0.4, 0.5) is 0 Å². The highest BCUT2D eigenvalue weighted by molar-refractivity contribution is 7.99. The number of amides is 1. The Bertz CT molecular complexity index is 954. The number of nitrogens with zero attached hydrogens (tertiary/aromatic N) is 2. The van der Waals surface area contributed by atoms with Crippen molar-refractivity contribution < 1.29 is 23.8 Å². The zero-order valence-electron chi connectivity index (χ0n) is 14.9. The fourth-order valence-corrected chi connectivity index (χ4v) is 2.86. The number of aromatic nitrogens is 2. The molecule has 0 bridgehead atoms. The molecule has 1 aromatic heterocycles. The van der Waals surface area contributed by atoms with Gasteiger partial charge in [0.1, 0.15) is 5.75 Å². The van der Waals surface area contributed by atoms with Gasteiger partial charge in [-0.15, -0.1) is 10.2 Å². The number of hydrogen-bond donors (Lipinski definition) is 2. The molecule has 0 spiro atoms. The third kappa shape index (κ3) is 5.10. The topological polar surface area (TPSA) is 115 Å². The average molecular weight is 399 g/mol. The lowest BCUT2D eigenvalue weighted by Crippen LogP contribution is -2.24. The molecule has 1 amide bonds. The minimum atomic E-state index is -0.986. The van der Waals surface area contributed by atoms with E-state index in [-0.39, 0.29) is 17.2 Å². The predicted molar refractivity (Wildman–Crippen MR) is 102 cm³/mol. The standard InChI is InChI=1S/C19H17N3O5S/c1-26-15-8-6-13(7-9-15)17-21-22-19(27-17)28-11-16(23)20-10-12-2-4-14(5-3-12)18(24)25/h2-9H,10-11H2,1H3,(H,20,23)(H,24,25). The third-order valence-electron chi connectivity index (χ3n) is 3.76. The minimum absolute atomic E-state index is 0.122. The molecular weight excluding hydrogens is 382 g/mol. The van der Waals surface area contributed by atoms with Crippen molar-refractivity contribution in [1.82, 2.24) is 15.5 Å². The number of carboxylic acids is 1. The summed E-state index contributed by atoms with van der Waals surface area (Å²) >= 11 is 1.14. The Hall–Kier alpha value is -3.33. The van der Waals surface area contributed by atoms with E-state index in [9.17, 15) is 9.59 Å². The summed E-state index contributed by atoms with van der Waals surface area (Å²) in [5.74, 6) is 0.0329. The fraction of sp³-hybridized carbons (Fsp3) is 0.158. The number of aromatic carboxylic acids is 1. The van der Waals surface area contributed by atoms with E-state index in [1.54, 1.807) is 31.4 Å². The molecular formula is C19H17N3O5S. The van der Waals surface area contributed by atoms with E-state index < -0.39 is 5.97 Å². The van der Waals surface area contributed by atoms with Crippen molar-refractivity contribution in [2.75, 3.05) is 12.9 Å². The van der Waals surface area contributed by atoms with Crippen LogP contribution in [-0.4, -0.2) is 40.0 Å². The first-order valence-electron chi connectivity index (χ1n) is 8.25. The predicted octanol–water partition coefficient (Wildman–Crippen LogP) is 2.85. The lowest BCUT2D eigenvalue weighted by Gasteiger charge is -2.04. The summed E-state index contributed by atoms with van der Waals surface area (Å²) in [5, 5.41) is 19.8. The summed E-state index contributed by atoms with van der Waals surface area (Å²) in [6.45, 7) is 0.306. The van der Waals surface area contributed by atoms with E-state index in [0.29, 0.717) is 17.7 Å². The summed E-state index contributed by atoms with van der Waals surface area (Å²) in [4.78, 5) is 22.8. The average Bonchev–Trinajstić information content (AvgIpc) is 3.20. The molecule has 144 valence electrons. The Morgan fingerprint density at radius 3 is 2.46 bits per heavy atom. The first-order chi connectivity index (χ1) is 13.5. The molecule has 8 nitrogen and oxygen atoms in total. The van der Waals surface area contributed by atoms with Gasteiger partial charge in [-0.3, -0.25) is 4.79 Å². The Kier molecular flexibility index (Phi) is 6.28. The maximum Gasteiger partial charge on any atom is 0.335 e. The SMILES string of the molecule is COc1ccc(-c2nnc(SCC(=O)NCc3ccc(C(=O)O)cc3)o2)cc1. The van der Waals surface area contributed by atoms with Gasteiger partial charge in [0.15, 0.2) is 0 Å². The normalized spacial score (nSPS) is 10.5. The quantitative estimate of drug-likeness (QED) is 0.556. The summed E-state index contributed by atoms with van der Waals surface area (Å²) in [6.07, 6.45) is 0. The Morgan fingerprint density at radius 2 is 1.82 bits per heavy atom. The second-order valence-corrected chi connectivity index (χ2v) is 6.60. The molecule has 0 fully saturated rings. The van der Waals surface area contributed by atoms with E-state index in [1.165, 1.54) is 12.1 Å². The molecule has 0 aliphatic heterocycles. The van der Waals surface area contributed by atoms with Crippen LogP contribution in [0.5, 0.6) is 5.75 Å². The van der Waals surface area contributed by atoms with Gasteiger partial charge in [-0.2, -0.15) is 0 Å². The number of benzene rings is 2. The molecule has 3 aromatic rings. The molecule has 28 heavy (non-hydrogen) atoms. The van der Waals surface area contributed by atoms with Gasteiger partial charge >= 0.3 is 5.97 Å². The van der Waals surface area contributed by atoms with Crippen LogP contribution in [0.2, 0.25) is 0 Å². The van der Waals surface area contributed by atoms with Gasteiger partial charge in [0.2, 0.25) is 11.8 Å². The number of thioether (sulfide) groups is 1. The maximum atomic E-state index is 12.0. The largest absolute Gasteiger partial charge is 0.497 e. The molecule has 0 aliphatic rings. The van der Waals surface area contributed by atoms with Gasteiger partial charge in [0.05, 0.1) is 18.4 Å². The van der Waals surface area contributed by atoms with Crippen LogP contribution in [0.1, 0.15) is 15.9 Å². The summed E-state index contributed by atoms with van der Waals surface area (Å²) in [7, 11) is 1.59. The monoisotopic (exact) mass is 399 g/mol. The van der Waals surface area contributed by atoms with Gasteiger partial charge in [0, 0.05) is 12.1 Å². The zero-order valence-corrected chi connectivity index (χ0v) is 15.7. The van der Waals surface area contributed by atoms with Crippen molar-refractivity contribution in [3.8, 4) is 17.2 Å². The van der Waals surface area contributed by atoms with Crippen LogP contribution < -0.4 is 10.1 Å². The van der Waals surface area contributed by atoms with E-state index >= 15 is 0 Å². The Balaban J connectivity index is 1.48. The molecule has 0 saturated carbocycles. The van der Waals surface area contributed by atoms with Crippen molar-refractivity contribution in [2.45, 2.75) is 11.8 Å². The highest BCUT2D eigenvalue weighted by Gasteiger charge is 2.11. The van der Waals surface area contributed by atoms with Crippen LogP contribution in [0.3, 0.4) is 0 Å². The van der Waals surface area contributed by atoms with E-state index in [4.69, 9.17) is 14.3 Å². The lowest BCUT2D eigenvalue weighted by molar-refractivity contribution is -0.118. The van der Waals surface area contributed by atoms with E-state index in [1.807, 2.05) is 12.1 Å². The highest BCUT2D eigenvalue weighted by atomic mass is 32.2. The second-order valence-electron chi connectivity index (χ2n) is 5.67. The molecule has 0 radical (unpaired) electrons. The van der Waals surface area contributed by atoms with Crippen molar-refractivity contribution in [1.29, 1.82) is 0 Å². The van der Waals surface area contributed by atoms with Gasteiger partial charge < -0.3 is 19.6 Å². The van der Waals surface area contributed by atoms with Crippen LogP contribution in [-0.2, 0) is 11.3 Å². The van der Waals surface area contributed by atoms with Gasteiger partial charge in [-0.25, -0.2) is 4.79 Å². The highest BCUT2D eigenvalue weighted by Crippen LogP contribution is 2.24. The summed E-state index contributed by atoms with van der Waals surface area (Å²) < 4.78 is 10.7. The summed E-state index contributed by atoms with van der Waals surface area (Å²) in [6, 6.07) is 13.5. The van der Waals surface area contributed by atoms with Crippen molar-refractivity contribution in [2.24, 2.45) is 0 Å². The number of nitrogens with one attached hydrogen (secondary N) is 1. The van der Waals surface area contributed by atoms with Crippen molar-refractivity contribution in [3.63, 3.8) is 0 Å². The number of carboxylic acid groups (broad SMARTS) is 1. The molecule has 1 heterocycles. The van der Waals surface area contributed by atoms with Crippen LogP contribution >= 0.6 is 11.8 Å². The second kappa shape index (κ2) is 9.05. The zero-order chi connectivity index (χ0) is 19.9. The minimum Gasteiger partial charge on any atom is -0.497 e. The molecule has 2 aromatic carbocycles. The Labute approximate surface area is 164 Å². The number of carbonyl (C=O) groups excluding carboxylic acids is 1. The number of hydrogen-bond acceptors (Lipinski definition) is 7. The van der Waals surface area contributed by atoms with Crippen LogP contribution in [0.15, 0.2) is 58.2 Å². The lowest BCUT2D eigenvalue weighted by atomic mass is 10.1. The van der Waals surface area contributed by atoms with Crippen LogP contribution in [0, 0.1) is 0 Å². The number of rotatable bonds is 8. The molecule has 3 rings (SSSR count). The van der Waals surface area contributed by atoms with Gasteiger partial charge in [-0.1, -0.05) is 23.9 Å². The fourth-order valence-electron chi connectivity index (χ4n) is 2.26. The third-order valence-corrected chi connectivity index (χ3v) is 4.58. The van der Waals surface area contributed by atoms with Gasteiger partial charge in [-0.05, 0) is 42.0 Å². The van der Waals surface area contributed by atoms with E-state index in [0.717, 1.165) is 28.6 Å². The maximum absolute atomic E-state index is 12.0. The summed E-state index contributed by atoms with van der Waals surface area (Å²) in [5.41, 5.74) is 1.77. The first-order valence-corrected chi connectivity index (χ1v) is 9.23. The molecule has 0 aliphatic carbocycles. The first kappa shape index (κ1) is 19.4. The molecule has 0 unspecified atom stereocenters. The molecule has 0 saturated heterocycles. The van der Waals surface area contributed by atoms with Crippen LogP contribution in [0.25, 0.3) is 11.5 Å². The van der Waals surface area contributed by atoms with Crippen molar-refractivity contribution >= 4 is 23.6 Å². The van der Waals surface area contributed by atoms with Crippen molar-refractivity contribution in [3.05, 3.63) is 59.7 Å². The van der Waals surface area contributed by atoms with E-state index in [2.05, 4.69) is 15.5 Å². The number of carbonyl (C=O) groups is 2. The molecule has 9 heteroatoms.